The van der Waals surface area contributed by atoms with Gasteiger partial charge in [0.15, 0.2) is 11.0 Å². The summed E-state index contributed by atoms with van der Waals surface area (Å²) in [5, 5.41) is 10.4. The Bertz CT molecular complexity index is 1580. The Balaban J connectivity index is 1.45. The molecule has 1 fully saturated rings. The molecule has 6 rings (SSSR count). The zero-order valence-electron chi connectivity index (χ0n) is 20.3. The van der Waals surface area contributed by atoms with Crippen molar-refractivity contribution >= 4 is 22.7 Å². The summed E-state index contributed by atoms with van der Waals surface area (Å²) in [6.07, 6.45) is 1.84. The van der Waals surface area contributed by atoms with Crippen LogP contribution in [-0.4, -0.2) is 32.5 Å². The number of benzene rings is 3. The second-order valence-corrected chi connectivity index (χ2v) is 10.1. The van der Waals surface area contributed by atoms with Crippen LogP contribution >= 0.6 is 11.8 Å². The van der Waals surface area contributed by atoms with Crippen LogP contribution in [0.15, 0.2) is 78.0 Å². The van der Waals surface area contributed by atoms with Crippen molar-refractivity contribution in [1.29, 1.82) is 0 Å². The van der Waals surface area contributed by atoms with Crippen molar-refractivity contribution in [1.82, 2.24) is 19.7 Å². The molecule has 0 unspecified atom stereocenters. The fourth-order valence-corrected chi connectivity index (χ4v) is 5.68. The van der Waals surface area contributed by atoms with E-state index in [-0.39, 0.29) is 17.4 Å². The second-order valence-electron chi connectivity index (χ2n) is 9.13. The third-order valence-electron chi connectivity index (χ3n) is 6.61. The van der Waals surface area contributed by atoms with Crippen LogP contribution in [0, 0.1) is 17.5 Å². The molecule has 1 aliphatic heterocycles. The molecule has 192 valence electrons. The van der Waals surface area contributed by atoms with E-state index in [4.69, 9.17) is 9.72 Å². The molecule has 1 atom stereocenters. The summed E-state index contributed by atoms with van der Waals surface area (Å²) in [5.74, 6) is -2.23. The van der Waals surface area contributed by atoms with Crippen molar-refractivity contribution in [3.8, 4) is 22.6 Å². The minimum atomic E-state index is -0.948. The molecular formula is C29H23F3N4OS. The molecule has 3 aromatic carbocycles. The van der Waals surface area contributed by atoms with Gasteiger partial charge in [0.2, 0.25) is 0 Å². The first kappa shape index (κ1) is 24.6. The average Bonchev–Trinajstić information content (AvgIpc) is 3.58. The lowest BCUT2D eigenvalue weighted by molar-refractivity contribution is 0.0953. The number of hydrogen-bond donors (Lipinski definition) is 0. The molecule has 1 aliphatic rings. The van der Waals surface area contributed by atoms with E-state index in [0.29, 0.717) is 36.3 Å². The van der Waals surface area contributed by atoms with Crippen LogP contribution in [0.2, 0.25) is 0 Å². The van der Waals surface area contributed by atoms with Crippen LogP contribution < -0.4 is 0 Å². The molecule has 0 bridgehead atoms. The largest absolute Gasteiger partial charge is 0.376 e. The number of nitrogens with zero attached hydrogens (tertiary/aromatic N) is 4. The van der Waals surface area contributed by atoms with E-state index in [0.717, 1.165) is 52.3 Å². The smallest absolute Gasteiger partial charge is 0.191 e. The van der Waals surface area contributed by atoms with Crippen LogP contribution in [0.3, 0.4) is 0 Å². The number of aromatic nitrogens is 4. The molecule has 0 N–H and O–H groups in total. The number of fused-ring (bicyclic) bond motifs is 1. The van der Waals surface area contributed by atoms with E-state index >= 15 is 0 Å². The lowest BCUT2D eigenvalue weighted by Gasteiger charge is -2.16. The zero-order valence-corrected chi connectivity index (χ0v) is 21.1. The first-order valence-corrected chi connectivity index (χ1v) is 13.3. The van der Waals surface area contributed by atoms with Gasteiger partial charge in [0, 0.05) is 46.6 Å². The lowest BCUT2D eigenvalue weighted by Crippen LogP contribution is -2.17. The molecule has 5 aromatic rings. The molecule has 0 spiro atoms. The van der Waals surface area contributed by atoms with Gasteiger partial charge in [-0.25, -0.2) is 18.2 Å². The molecule has 5 nitrogen and oxygen atoms in total. The van der Waals surface area contributed by atoms with E-state index in [1.807, 2.05) is 65.2 Å². The summed E-state index contributed by atoms with van der Waals surface area (Å²) >= 11 is 1.15. The first-order valence-electron chi connectivity index (χ1n) is 12.3. The average molecular weight is 533 g/mol. The second kappa shape index (κ2) is 10.6. The van der Waals surface area contributed by atoms with Crippen LogP contribution in [0.4, 0.5) is 13.2 Å². The molecule has 9 heteroatoms. The summed E-state index contributed by atoms with van der Waals surface area (Å²) < 4.78 is 49.9. The maximum absolute atomic E-state index is 14.3. The predicted molar refractivity (Wildman–Crippen MR) is 141 cm³/mol. The number of hydrogen-bond acceptors (Lipinski definition) is 5. The Kier molecular flexibility index (Phi) is 6.86. The van der Waals surface area contributed by atoms with Gasteiger partial charge in [-0.05, 0) is 25.0 Å². The van der Waals surface area contributed by atoms with E-state index in [1.54, 1.807) is 0 Å². The van der Waals surface area contributed by atoms with Crippen molar-refractivity contribution in [2.75, 3.05) is 6.61 Å². The normalized spacial score (nSPS) is 15.4. The number of rotatable bonds is 7. The Morgan fingerprint density at radius 1 is 0.921 bits per heavy atom. The SMILES string of the molecule is Fc1cc(F)c(CSc2nnc(-c3cc(-c4ccccc4)nc4ccccc34)n2C[C@@H]2CCCO2)c(F)c1. The van der Waals surface area contributed by atoms with Crippen molar-refractivity contribution < 1.29 is 17.9 Å². The highest BCUT2D eigenvalue weighted by Gasteiger charge is 2.24. The van der Waals surface area contributed by atoms with Gasteiger partial charge in [0.25, 0.3) is 0 Å². The molecule has 38 heavy (non-hydrogen) atoms. The quantitative estimate of drug-likeness (QED) is 0.210. The van der Waals surface area contributed by atoms with Gasteiger partial charge >= 0.3 is 0 Å². The fraction of sp³-hybridized carbons (Fsp3) is 0.207. The molecule has 3 heterocycles. The van der Waals surface area contributed by atoms with Crippen molar-refractivity contribution in [3.05, 3.63) is 95.8 Å². The monoisotopic (exact) mass is 532 g/mol. The maximum atomic E-state index is 14.3. The van der Waals surface area contributed by atoms with E-state index in [2.05, 4.69) is 10.2 Å². The van der Waals surface area contributed by atoms with Crippen LogP contribution in [0.25, 0.3) is 33.5 Å². The van der Waals surface area contributed by atoms with Crippen LogP contribution in [0.5, 0.6) is 0 Å². The topological polar surface area (TPSA) is 52.8 Å². The van der Waals surface area contributed by atoms with Crippen molar-refractivity contribution in [2.24, 2.45) is 0 Å². The molecular weight excluding hydrogens is 509 g/mol. The summed E-state index contributed by atoms with van der Waals surface area (Å²) in [4.78, 5) is 4.87. The number of ether oxygens (including phenoxy) is 1. The molecule has 1 saturated heterocycles. The number of para-hydroxylation sites is 1. The highest BCUT2D eigenvalue weighted by atomic mass is 32.2. The van der Waals surface area contributed by atoms with Crippen LogP contribution in [0.1, 0.15) is 18.4 Å². The Morgan fingerprint density at radius 3 is 2.45 bits per heavy atom. The van der Waals surface area contributed by atoms with Crippen molar-refractivity contribution in [2.45, 2.75) is 36.4 Å². The molecule has 0 radical (unpaired) electrons. The minimum absolute atomic E-state index is 0.0231. The summed E-state index contributed by atoms with van der Waals surface area (Å²) in [7, 11) is 0. The maximum Gasteiger partial charge on any atom is 0.191 e. The number of pyridine rings is 1. The molecule has 0 saturated carbocycles. The predicted octanol–water partition coefficient (Wildman–Crippen LogP) is 7.05. The van der Waals surface area contributed by atoms with E-state index in [9.17, 15) is 13.2 Å². The first-order chi connectivity index (χ1) is 18.6. The minimum Gasteiger partial charge on any atom is -0.376 e. The van der Waals surface area contributed by atoms with Gasteiger partial charge in [0.1, 0.15) is 17.5 Å². The van der Waals surface area contributed by atoms with Crippen molar-refractivity contribution in [3.63, 3.8) is 0 Å². The van der Waals surface area contributed by atoms with Gasteiger partial charge in [-0.2, -0.15) is 0 Å². The molecule has 0 amide bonds. The fourth-order valence-electron chi connectivity index (χ4n) is 4.72. The summed E-state index contributed by atoms with van der Waals surface area (Å²) in [5.41, 5.74) is 3.24. The van der Waals surface area contributed by atoms with Gasteiger partial charge in [-0.1, -0.05) is 60.3 Å². The third-order valence-corrected chi connectivity index (χ3v) is 7.60. The number of halogens is 3. The Morgan fingerprint density at radius 2 is 1.68 bits per heavy atom. The highest BCUT2D eigenvalue weighted by molar-refractivity contribution is 7.98. The summed E-state index contributed by atoms with van der Waals surface area (Å²) in [6, 6.07) is 21.1. The summed E-state index contributed by atoms with van der Waals surface area (Å²) in [6.45, 7) is 1.18. The Labute approximate surface area is 221 Å². The number of thioether (sulfide) groups is 1. The van der Waals surface area contributed by atoms with Gasteiger partial charge in [-0.15, -0.1) is 10.2 Å². The van der Waals surface area contributed by atoms with Gasteiger partial charge in [-0.3, -0.25) is 4.57 Å². The Hall–Kier alpha value is -3.69. The molecule has 0 aliphatic carbocycles. The standard InChI is InChI=1S/C29H23F3N4OS/c30-19-13-24(31)23(25(32)14-19)17-38-29-35-34-28(36(29)16-20-9-6-12-37-20)22-15-27(18-7-2-1-3-8-18)33-26-11-5-4-10-21(22)26/h1-5,7-8,10-11,13-15,20H,6,9,12,16-17H2/t20-/m0/s1. The zero-order chi connectivity index (χ0) is 26.1. The van der Waals surface area contributed by atoms with Crippen LogP contribution in [-0.2, 0) is 17.0 Å². The van der Waals surface area contributed by atoms with E-state index in [1.165, 1.54) is 0 Å². The lowest BCUT2D eigenvalue weighted by atomic mass is 10.0. The van der Waals surface area contributed by atoms with Gasteiger partial charge in [0.05, 0.1) is 23.9 Å². The van der Waals surface area contributed by atoms with E-state index < -0.39 is 17.5 Å². The molecule has 2 aromatic heterocycles. The van der Waals surface area contributed by atoms with Gasteiger partial charge < -0.3 is 4.74 Å². The third kappa shape index (κ3) is 4.91. The highest BCUT2D eigenvalue weighted by Crippen LogP contribution is 2.35.